The number of hydrogen-bond acceptors (Lipinski definition) is 4. The van der Waals surface area contributed by atoms with Crippen molar-refractivity contribution in [2.24, 2.45) is 0 Å². The summed E-state index contributed by atoms with van der Waals surface area (Å²) in [5.74, 6) is -0.168. The van der Waals surface area contributed by atoms with Crippen molar-refractivity contribution in [2.45, 2.75) is 26.4 Å². The molecule has 0 spiro atoms. The van der Waals surface area contributed by atoms with Crippen LogP contribution in [-0.2, 0) is 4.74 Å². The molecule has 31 heavy (non-hydrogen) atoms. The fourth-order valence-corrected chi connectivity index (χ4v) is 3.37. The van der Waals surface area contributed by atoms with Gasteiger partial charge in [0.05, 0.1) is 10.7 Å². The Morgan fingerprint density at radius 1 is 0.968 bits per heavy atom. The lowest BCUT2D eigenvalue weighted by Crippen LogP contribution is -2.50. The molecule has 1 fully saturated rings. The number of nitrogens with zero attached hydrogens (tertiary/aromatic N) is 2. The molecule has 6 nitrogen and oxygen atoms in total. The van der Waals surface area contributed by atoms with Crippen LogP contribution in [0.3, 0.4) is 0 Å². The molecule has 2 aromatic rings. The molecule has 0 unspecified atom stereocenters. The van der Waals surface area contributed by atoms with Crippen LogP contribution in [0.1, 0.15) is 31.1 Å². The Kier molecular flexibility index (Phi) is 9.01. The van der Waals surface area contributed by atoms with Crippen molar-refractivity contribution in [1.29, 1.82) is 0 Å². The third kappa shape index (κ3) is 7.96. The Morgan fingerprint density at radius 2 is 1.58 bits per heavy atom. The van der Waals surface area contributed by atoms with Gasteiger partial charge < -0.3 is 19.9 Å². The highest BCUT2D eigenvalue weighted by Crippen LogP contribution is 2.28. The van der Waals surface area contributed by atoms with Crippen molar-refractivity contribution in [2.75, 3.05) is 38.1 Å². The van der Waals surface area contributed by atoms with Gasteiger partial charge in [-0.3, -0.25) is 4.79 Å². The zero-order valence-corrected chi connectivity index (χ0v) is 19.8. The van der Waals surface area contributed by atoms with Crippen LogP contribution in [0.15, 0.2) is 48.5 Å². The van der Waals surface area contributed by atoms with Crippen LogP contribution in [-0.4, -0.2) is 55.7 Å². The minimum Gasteiger partial charge on any atom is -0.444 e. The van der Waals surface area contributed by atoms with E-state index in [2.05, 4.69) is 10.2 Å². The summed E-state index contributed by atoms with van der Waals surface area (Å²) in [6.45, 7) is 8.04. The maximum atomic E-state index is 12.1. The third-order valence-electron chi connectivity index (χ3n) is 4.44. The molecule has 2 aromatic carbocycles. The molecule has 0 bridgehead atoms. The summed E-state index contributed by atoms with van der Waals surface area (Å²) >= 11 is 11.9. The van der Waals surface area contributed by atoms with Crippen molar-refractivity contribution >= 4 is 40.9 Å². The Labute approximate surface area is 194 Å². The molecule has 0 saturated carbocycles. The zero-order chi connectivity index (χ0) is 23.0. The maximum absolute atomic E-state index is 12.1. The topological polar surface area (TPSA) is 61.9 Å². The number of anilines is 1. The second-order valence-corrected chi connectivity index (χ2v) is 8.84. The first-order valence-corrected chi connectivity index (χ1v) is 10.8. The minimum absolute atomic E-state index is 0.168. The maximum Gasteiger partial charge on any atom is 0.410 e. The Balaban J connectivity index is 0.000000412. The molecule has 1 N–H and O–H groups in total. The van der Waals surface area contributed by atoms with Crippen molar-refractivity contribution in [3.8, 4) is 0 Å². The summed E-state index contributed by atoms with van der Waals surface area (Å²) in [7, 11) is 1.58. The zero-order valence-electron chi connectivity index (χ0n) is 18.3. The second-order valence-electron chi connectivity index (χ2n) is 8.00. The molecule has 1 saturated heterocycles. The highest BCUT2D eigenvalue weighted by molar-refractivity contribution is 6.33. The number of piperazine rings is 1. The van der Waals surface area contributed by atoms with Gasteiger partial charge in [0.15, 0.2) is 0 Å². The summed E-state index contributed by atoms with van der Waals surface area (Å²) in [6.07, 6.45) is -0.289. The van der Waals surface area contributed by atoms with Gasteiger partial charge in [-0.25, -0.2) is 4.79 Å². The summed E-state index contributed by atoms with van der Waals surface area (Å²) in [5, 5.41) is 3.90. The van der Waals surface area contributed by atoms with Crippen LogP contribution < -0.4 is 10.2 Å². The largest absolute Gasteiger partial charge is 0.444 e. The first-order valence-electron chi connectivity index (χ1n) is 10.1. The quantitative estimate of drug-likeness (QED) is 0.670. The van der Waals surface area contributed by atoms with Gasteiger partial charge in [0.1, 0.15) is 5.60 Å². The molecule has 1 heterocycles. The lowest BCUT2D eigenvalue weighted by Gasteiger charge is -2.37. The van der Waals surface area contributed by atoms with Gasteiger partial charge in [0, 0.05) is 43.8 Å². The van der Waals surface area contributed by atoms with E-state index in [1.54, 1.807) is 24.1 Å². The number of rotatable bonds is 2. The second kappa shape index (κ2) is 11.3. The number of benzene rings is 2. The van der Waals surface area contributed by atoms with Crippen molar-refractivity contribution in [3.05, 3.63) is 64.1 Å². The summed E-state index contributed by atoms with van der Waals surface area (Å²) in [4.78, 5) is 27.5. The van der Waals surface area contributed by atoms with Crippen LogP contribution in [0.25, 0.3) is 0 Å². The molecule has 0 aromatic heterocycles. The first kappa shape index (κ1) is 24.8. The van der Waals surface area contributed by atoms with Crippen LogP contribution in [0.4, 0.5) is 10.5 Å². The van der Waals surface area contributed by atoms with E-state index in [4.69, 9.17) is 27.9 Å². The normalized spacial score (nSPS) is 13.7. The monoisotopic (exact) mass is 465 g/mol. The van der Waals surface area contributed by atoms with Gasteiger partial charge in [-0.15, -0.1) is 0 Å². The van der Waals surface area contributed by atoms with E-state index in [9.17, 15) is 9.59 Å². The summed E-state index contributed by atoms with van der Waals surface area (Å²) < 4.78 is 5.39. The predicted molar refractivity (Wildman–Crippen MR) is 126 cm³/mol. The molecule has 1 aliphatic rings. The minimum atomic E-state index is -0.493. The molecule has 168 valence electrons. The van der Waals surface area contributed by atoms with Crippen LogP contribution in [0.5, 0.6) is 0 Å². The van der Waals surface area contributed by atoms with E-state index in [0.717, 1.165) is 10.7 Å². The van der Waals surface area contributed by atoms with E-state index in [1.807, 2.05) is 57.2 Å². The van der Waals surface area contributed by atoms with Crippen molar-refractivity contribution in [1.82, 2.24) is 10.2 Å². The van der Waals surface area contributed by atoms with Crippen molar-refractivity contribution < 1.29 is 14.3 Å². The van der Waals surface area contributed by atoms with Gasteiger partial charge in [0.2, 0.25) is 0 Å². The van der Waals surface area contributed by atoms with Gasteiger partial charge in [-0.05, 0) is 51.1 Å². The SMILES string of the molecule is CNC(=O)c1ccc(N2CCN(C(=O)OC(C)(C)C)CC2)c(Cl)c1.Clc1ccccc1. The Morgan fingerprint density at radius 3 is 2.03 bits per heavy atom. The standard InChI is InChI=1S/C17H24ClN3O3.C6H5Cl/c1-17(2,3)24-16(23)21-9-7-20(8-10-21)14-6-5-12(11-13(14)18)15(22)19-4;7-6-4-2-1-3-5-6/h5-6,11H,7-10H2,1-4H3,(H,19,22);1-5H. The lowest BCUT2D eigenvalue weighted by atomic mass is 10.1. The van der Waals surface area contributed by atoms with E-state index < -0.39 is 5.60 Å². The van der Waals surface area contributed by atoms with Crippen LogP contribution in [0.2, 0.25) is 10.0 Å². The number of nitrogens with one attached hydrogen (secondary N) is 1. The van der Waals surface area contributed by atoms with Gasteiger partial charge in [-0.1, -0.05) is 41.4 Å². The van der Waals surface area contributed by atoms with Gasteiger partial charge >= 0.3 is 6.09 Å². The Bertz CT molecular complexity index is 877. The number of amides is 2. The van der Waals surface area contributed by atoms with Crippen LogP contribution in [0, 0.1) is 0 Å². The smallest absolute Gasteiger partial charge is 0.410 e. The molecule has 1 aliphatic heterocycles. The lowest BCUT2D eigenvalue weighted by molar-refractivity contribution is 0.0240. The predicted octanol–water partition coefficient (Wildman–Crippen LogP) is 5.10. The first-order chi connectivity index (χ1) is 14.6. The highest BCUT2D eigenvalue weighted by atomic mass is 35.5. The number of carbonyl (C=O) groups excluding carboxylic acids is 2. The molecule has 8 heteroatoms. The molecule has 2 amide bonds. The molecule has 0 radical (unpaired) electrons. The third-order valence-corrected chi connectivity index (χ3v) is 5.00. The molecular formula is C23H29Cl2N3O3. The molecule has 0 aliphatic carbocycles. The van der Waals surface area contributed by atoms with Crippen molar-refractivity contribution in [3.63, 3.8) is 0 Å². The fourth-order valence-electron chi connectivity index (χ4n) is 2.92. The van der Waals surface area contributed by atoms with Crippen LogP contribution >= 0.6 is 23.2 Å². The van der Waals surface area contributed by atoms with Gasteiger partial charge in [-0.2, -0.15) is 0 Å². The molecular weight excluding hydrogens is 437 g/mol. The molecule has 3 rings (SSSR count). The number of halogens is 2. The van der Waals surface area contributed by atoms with E-state index in [1.165, 1.54) is 0 Å². The average molecular weight is 466 g/mol. The summed E-state index contributed by atoms with van der Waals surface area (Å²) in [6, 6.07) is 14.7. The molecule has 0 atom stereocenters. The van der Waals surface area contributed by atoms with E-state index in [-0.39, 0.29) is 12.0 Å². The number of ether oxygens (including phenoxy) is 1. The number of hydrogen-bond donors (Lipinski definition) is 1. The average Bonchev–Trinajstić information content (AvgIpc) is 2.73. The fraction of sp³-hybridized carbons (Fsp3) is 0.391. The Hall–Kier alpha value is -2.44. The van der Waals surface area contributed by atoms with Gasteiger partial charge in [0.25, 0.3) is 5.91 Å². The number of carbonyl (C=O) groups is 2. The highest BCUT2D eigenvalue weighted by Gasteiger charge is 2.26. The van der Waals surface area contributed by atoms with E-state index in [0.29, 0.717) is 36.8 Å². The summed E-state index contributed by atoms with van der Waals surface area (Å²) in [5.41, 5.74) is 0.902. The van der Waals surface area contributed by atoms with E-state index >= 15 is 0 Å².